The summed E-state index contributed by atoms with van der Waals surface area (Å²) in [4.78, 5) is 4.65. The second kappa shape index (κ2) is 7.25. The fraction of sp³-hybridized carbons (Fsp3) is 0.263. The second-order valence-electron chi connectivity index (χ2n) is 6.08. The zero-order valence-corrected chi connectivity index (χ0v) is 14.6. The normalized spacial score (nSPS) is 15.5. The van der Waals surface area contributed by atoms with Gasteiger partial charge in [-0.3, -0.25) is 4.90 Å². The van der Waals surface area contributed by atoms with E-state index >= 15 is 0 Å². The molecule has 6 heteroatoms. The van der Waals surface area contributed by atoms with Crippen molar-refractivity contribution in [1.82, 2.24) is 15.1 Å². The lowest BCUT2D eigenvalue weighted by atomic mass is 10.2. The second-order valence-corrected chi connectivity index (χ2v) is 6.49. The van der Waals surface area contributed by atoms with Crippen LogP contribution in [-0.2, 0) is 6.54 Å². The Morgan fingerprint density at radius 3 is 2.36 bits per heavy atom. The highest BCUT2D eigenvalue weighted by molar-refractivity contribution is 6.33. The Bertz CT molecular complexity index is 828. The number of benzene rings is 2. The first-order valence-electron chi connectivity index (χ1n) is 8.39. The molecule has 1 aliphatic heterocycles. The Balaban J connectivity index is 1.36. The number of para-hydroxylation sites is 1. The first-order chi connectivity index (χ1) is 12.3. The molecule has 1 aromatic heterocycles. The van der Waals surface area contributed by atoms with Crippen molar-refractivity contribution in [2.45, 2.75) is 6.54 Å². The number of piperazine rings is 1. The average molecular weight is 355 g/mol. The molecule has 1 aliphatic rings. The van der Waals surface area contributed by atoms with E-state index < -0.39 is 0 Å². The smallest absolute Gasteiger partial charge is 0.247 e. The lowest BCUT2D eigenvalue weighted by molar-refractivity contribution is 0.227. The van der Waals surface area contributed by atoms with Crippen molar-refractivity contribution in [3.8, 4) is 11.5 Å². The fourth-order valence-corrected chi connectivity index (χ4v) is 3.32. The average Bonchev–Trinajstić information content (AvgIpc) is 3.12. The minimum Gasteiger partial charge on any atom is -0.419 e. The highest BCUT2D eigenvalue weighted by atomic mass is 35.5. The molecule has 0 radical (unpaired) electrons. The SMILES string of the molecule is Clc1ccccc1N1CCN(Cc2nnc(-c3ccccc3)o2)CC1. The number of anilines is 1. The van der Waals surface area contributed by atoms with E-state index in [4.69, 9.17) is 16.0 Å². The molecule has 25 heavy (non-hydrogen) atoms. The molecule has 0 atom stereocenters. The van der Waals surface area contributed by atoms with E-state index in [2.05, 4.69) is 26.1 Å². The molecule has 1 saturated heterocycles. The maximum Gasteiger partial charge on any atom is 0.247 e. The number of rotatable bonds is 4. The summed E-state index contributed by atoms with van der Waals surface area (Å²) in [7, 11) is 0. The predicted molar refractivity (Wildman–Crippen MR) is 98.7 cm³/mol. The van der Waals surface area contributed by atoms with E-state index in [9.17, 15) is 0 Å². The highest BCUT2D eigenvalue weighted by Crippen LogP contribution is 2.26. The zero-order valence-electron chi connectivity index (χ0n) is 13.8. The summed E-state index contributed by atoms with van der Waals surface area (Å²) in [5, 5.41) is 9.15. The molecule has 5 nitrogen and oxygen atoms in total. The number of halogens is 1. The standard InChI is InChI=1S/C19H19ClN4O/c20-16-8-4-5-9-17(16)24-12-10-23(11-13-24)14-18-21-22-19(25-18)15-6-2-1-3-7-15/h1-9H,10-14H2. The summed E-state index contributed by atoms with van der Waals surface area (Å²) >= 11 is 6.30. The van der Waals surface area contributed by atoms with Crippen LogP contribution in [0, 0.1) is 0 Å². The lowest BCUT2D eigenvalue weighted by Crippen LogP contribution is -2.46. The van der Waals surface area contributed by atoms with E-state index in [0.717, 1.165) is 42.5 Å². The van der Waals surface area contributed by atoms with Crippen LogP contribution in [0.3, 0.4) is 0 Å². The van der Waals surface area contributed by atoms with Crippen molar-refractivity contribution >= 4 is 17.3 Å². The number of aromatic nitrogens is 2. The van der Waals surface area contributed by atoms with Gasteiger partial charge in [-0.2, -0.15) is 0 Å². The van der Waals surface area contributed by atoms with E-state index in [1.54, 1.807) is 0 Å². The highest BCUT2D eigenvalue weighted by Gasteiger charge is 2.20. The van der Waals surface area contributed by atoms with Gasteiger partial charge in [-0.05, 0) is 24.3 Å². The first kappa shape index (κ1) is 16.1. The van der Waals surface area contributed by atoms with Crippen LogP contribution in [-0.4, -0.2) is 41.3 Å². The summed E-state index contributed by atoms with van der Waals surface area (Å²) in [5.74, 6) is 1.23. The third-order valence-electron chi connectivity index (χ3n) is 4.41. The van der Waals surface area contributed by atoms with Crippen LogP contribution >= 0.6 is 11.6 Å². The Labute approximate surface area is 151 Å². The maximum atomic E-state index is 6.30. The molecular formula is C19H19ClN4O. The van der Waals surface area contributed by atoms with Crippen LogP contribution in [0.4, 0.5) is 5.69 Å². The van der Waals surface area contributed by atoms with Crippen molar-refractivity contribution in [2.75, 3.05) is 31.1 Å². The largest absolute Gasteiger partial charge is 0.419 e. The van der Waals surface area contributed by atoms with Gasteiger partial charge < -0.3 is 9.32 Å². The van der Waals surface area contributed by atoms with Crippen molar-refractivity contribution in [1.29, 1.82) is 0 Å². The number of nitrogens with zero attached hydrogens (tertiary/aromatic N) is 4. The van der Waals surface area contributed by atoms with Crippen molar-refractivity contribution in [2.24, 2.45) is 0 Å². The van der Waals surface area contributed by atoms with Gasteiger partial charge in [0.15, 0.2) is 0 Å². The molecule has 0 aliphatic carbocycles. The molecule has 3 aromatic rings. The summed E-state index contributed by atoms with van der Waals surface area (Å²) in [5.41, 5.74) is 2.05. The Hall–Kier alpha value is -2.37. The number of hydrogen-bond donors (Lipinski definition) is 0. The van der Waals surface area contributed by atoms with Gasteiger partial charge in [0.25, 0.3) is 0 Å². The summed E-state index contributed by atoms with van der Waals surface area (Å²) < 4.78 is 5.80. The van der Waals surface area contributed by atoms with Crippen LogP contribution in [0.5, 0.6) is 0 Å². The zero-order chi connectivity index (χ0) is 17.1. The van der Waals surface area contributed by atoms with Gasteiger partial charge in [-0.1, -0.05) is 41.9 Å². The third kappa shape index (κ3) is 3.67. The van der Waals surface area contributed by atoms with Gasteiger partial charge in [0, 0.05) is 31.7 Å². The monoisotopic (exact) mass is 354 g/mol. The molecule has 128 valence electrons. The summed E-state index contributed by atoms with van der Waals surface area (Å²) in [6.45, 7) is 4.42. The van der Waals surface area contributed by atoms with E-state index in [1.807, 2.05) is 48.5 Å². The van der Waals surface area contributed by atoms with Crippen LogP contribution in [0.1, 0.15) is 5.89 Å². The van der Waals surface area contributed by atoms with Crippen LogP contribution in [0.15, 0.2) is 59.0 Å². The Morgan fingerprint density at radius 1 is 0.880 bits per heavy atom. The van der Waals surface area contributed by atoms with Gasteiger partial charge in [0.2, 0.25) is 11.8 Å². The molecule has 0 spiro atoms. The van der Waals surface area contributed by atoms with E-state index in [1.165, 1.54) is 0 Å². The van der Waals surface area contributed by atoms with Crippen LogP contribution in [0.2, 0.25) is 5.02 Å². The maximum absolute atomic E-state index is 6.30. The predicted octanol–water partition coefficient (Wildman–Crippen LogP) is 3.71. The molecule has 1 fully saturated rings. The Morgan fingerprint density at radius 2 is 1.60 bits per heavy atom. The van der Waals surface area contributed by atoms with Crippen molar-refractivity contribution < 1.29 is 4.42 Å². The van der Waals surface area contributed by atoms with Crippen LogP contribution < -0.4 is 4.90 Å². The number of hydrogen-bond acceptors (Lipinski definition) is 5. The third-order valence-corrected chi connectivity index (χ3v) is 4.73. The topological polar surface area (TPSA) is 45.4 Å². The molecule has 0 unspecified atom stereocenters. The molecule has 2 heterocycles. The summed E-state index contributed by atoms with van der Waals surface area (Å²) in [6.07, 6.45) is 0. The van der Waals surface area contributed by atoms with E-state index in [-0.39, 0.29) is 0 Å². The molecular weight excluding hydrogens is 336 g/mol. The van der Waals surface area contributed by atoms with Crippen LogP contribution in [0.25, 0.3) is 11.5 Å². The molecule has 0 amide bonds. The minimum atomic E-state index is 0.574. The molecule has 0 saturated carbocycles. The fourth-order valence-electron chi connectivity index (χ4n) is 3.06. The van der Waals surface area contributed by atoms with Gasteiger partial charge in [-0.25, -0.2) is 0 Å². The van der Waals surface area contributed by atoms with Gasteiger partial charge in [0.1, 0.15) is 0 Å². The van der Waals surface area contributed by atoms with Crippen molar-refractivity contribution in [3.05, 3.63) is 65.5 Å². The summed E-state index contributed by atoms with van der Waals surface area (Å²) in [6, 6.07) is 17.8. The molecule has 4 rings (SSSR count). The minimum absolute atomic E-state index is 0.574. The van der Waals surface area contributed by atoms with E-state index in [0.29, 0.717) is 18.3 Å². The molecule has 0 N–H and O–H groups in total. The van der Waals surface area contributed by atoms with Gasteiger partial charge in [-0.15, -0.1) is 10.2 Å². The molecule has 2 aromatic carbocycles. The van der Waals surface area contributed by atoms with Crippen molar-refractivity contribution in [3.63, 3.8) is 0 Å². The molecule has 0 bridgehead atoms. The van der Waals surface area contributed by atoms with Gasteiger partial charge >= 0.3 is 0 Å². The first-order valence-corrected chi connectivity index (χ1v) is 8.77. The van der Waals surface area contributed by atoms with Gasteiger partial charge in [0.05, 0.1) is 17.3 Å². The Kier molecular flexibility index (Phi) is 4.68. The quantitative estimate of drug-likeness (QED) is 0.714. The lowest BCUT2D eigenvalue weighted by Gasteiger charge is -2.35.